The summed E-state index contributed by atoms with van der Waals surface area (Å²) in [5.74, 6) is 2.25. The first-order valence-electron chi connectivity index (χ1n) is 10.3. The second-order valence-electron chi connectivity index (χ2n) is 7.50. The minimum Gasteiger partial charge on any atom is -0.454 e. The smallest absolute Gasteiger partial charge is 0.261 e. The van der Waals surface area contributed by atoms with Crippen molar-refractivity contribution in [1.82, 2.24) is 29.1 Å². The van der Waals surface area contributed by atoms with Gasteiger partial charge in [0.05, 0.1) is 23.6 Å². The second kappa shape index (κ2) is 8.29. The van der Waals surface area contributed by atoms with Gasteiger partial charge in [0, 0.05) is 22.5 Å². The lowest BCUT2D eigenvalue weighted by Crippen LogP contribution is -2.23. The summed E-state index contributed by atoms with van der Waals surface area (Å²) in [6, 6.07) is 11.0. The van der Waals surface area contributed by atoms with Crippen molar-refractivity contribution in [2.45, 2.75) is 23.1 Å². The van der Waals surface area contributed by atoms with Crippen molar-refractivity contribution in [3.8, 4) is 23.0 Å². The molecule has 1 aromatic heterocycles. The third-order valence-corrected chi connectivity index (χ3v) is 7.25. The molecule has 0 radical (unpaired) electrons. The molecular formula is C22H16BrN7O3S. The summed E-state index contributed by atoms with van der Waals surface area (Å²) >= 11 is 4.94. The fourth-order valence-electron chi connectivity index (χ4n) is 3.70. The first-order valence-corrected chi connectivity index (χ1v) is 11.9. The maximum absolute atomic E-state index is 12.8. The summed E-state index contributed by atoms with van der Waals surface area (Å²) in [7, 11) is 0. The van der Waals surface area contributed by atoms with Crippen LogP contribution < -0.4 is 20.8 Å². The molecule has 0 unspecified atom stereocenters. The Morgan fingerprint density at radius 2 is 1.79 bits per heavy atom. The van der Waals surface area contributed by atoms with Crippen LogP contribution in [0.3, 0.4) is 0 Å². The topological polar surface area (TPSA) is 123 Å². The number of aromatic nitrogens is 6. The molecule has 2 aromatic carbocycles. The van der Waals surface area contributed by atoms with E-state index in [9.17, 15) is 4.79 Å². The molecule has 0 fully saturated rings. The Morgan fingerprint density at radius 3 is 2.68 bits per heavy atom. The van der Waals surface area contributed by atoms with E-state index in [0.29, 0.717) is 58.0 Å². The average molecular weight is 538 g/mol. The lowest BCUT2D eigenvalue weighted by Gasteiger charge is -2.12. The highest BCUT2D eigenvalue weighted by molar-refractivity contribution is 9.10. The van der Waals surface area contributed by atoms with E-state index in [1.807, 2.05) is 34.9 Å². The zero-order chi connectivity index (χ0) is 23.2. The average Bonchev–Trinajstić information content (AvgIpc) is 3.47. The number of aryl methyl sites for hydroxylation is 2. The number of ether oxygens (including phenoxy) is 2. The quantitative estimate of drug-likeness (QED) is 0.359. The molecule has 6 rings (SSSR count). The standard InChI is InChI=1S/C22H16BrN7O3S/c23-13-7-15-16(33-11-32-15)8-17(13)34-22-27-18-19(24)26-10-29(20(18)28-22)5-6-30-9-25-14-4-2-1-3-12(14)21(30)31/h1-4,7-10H,5-6,11,24H2. The summed E-state index contributed by atoms with van der Waals surface area (Å²) in [4.78, 5) is 31.6. The number of nitrogens with zero attached hydrogens (tertiary/aromatic N) is 6. The van der Waals surface area contributed by atoms with Crippen molar-refractivity contribution in [1.29, 1.82) is 0 Å². The number of nitrogen functional groups attached to an aromatic ring is 1. The number of rotatable bonds is 5. The van der Waals surface area contributed by atoms with Gasteiger partial charge in [-0.25, -0.2) is 19.9 Å². The van der Waals surface area contributed by atoms with Crippen LogP contribution in [0.5, 0.6) is 11.5 Å². The molecule has 10 nitrogen and oxygen atoms in total. The lowest BCUT2D eigenvalue weighted by atomic mass is 10.2. The molecular weight excluding hydrogens is 522 g/mol. The zero-order valence-electron chi connectivity index (χ0n) is 17.5. The highest BCUT2D eigenvalue weighted by Crippen LogP contribution is 2.43. The van der Waals surface area contributed by atoms with Crippen LogP contribution in [0.25, 0.3) is 22.4 Å². The van der Waals surface area contributed by atoms with Crippen molar-refractivity contribution >= 4 is 44.4 Å². The van der Waals surface area contributed by atoms with Gasteiger partial charge in [-0.15, -0.1) is 0 Å². The Balaban J connectivity index is 1.30. The fraction of sp³-hybridized carbons (Fsp3) is 0.136. The molecule has 34 heavy (non-hydrogen) atoms. The monoisotopic (exact) mass is 537 g/mol. The van der Waals surface area contributed by atoms with Crippen LogP contribution in [0, 0.1) is 0 Å². The summed E-state index contributed by atoms with van der Waals surface area (Å²) in [6.07, 6.45) is 3.17. The Hall–Kier alpha value is -3.64. The van der Waals surface area contributed by atoms with Crippen LogP contribution in [-0.4, -0.2) is 35.9 Å². The van der Waals surface area contributed by atoms with E-state index in [0.717, 1.165) is 9.37 Å². The number of imidazole rings is 1. The maximum Gasteiger partial charge on any atom is 0.261 e. The molecule has 4 heterocycles. The fourth-order valence-corrected chi connectivity index (χ4v) is 5.05. The van der Waals surface area contributed by atoms with Gasteiger partial charge in [0.2, 0.25) is 6.79 Å². The first kappa shape index (κ1) is 20.9. The Bertz CT molecular complexity index is 1590. The van der Waals surface area contributed by atoms with Gasteiger partial charge in [-0.1, -0.05) is 12.1 Å². The molecule has 0 atom stereocenters. The molecule has 0 spiro atoms. The number of anilines is 1. The summed E-state index contributed by atoms with van der Waals surface area (Å²) < 4.78 is 15.1. The van der Waals surface area contributed by atoms with Crippen molar-refractivity contribution in [3.63, 3.8) is 0 Å². The van der Waals surface area contributed by atoms with Crippen molar-refractivity contribution in [2.24, 2.45) is 0 Å². The molecule has 3 aromatic rings. The van der Waals surface area contributed by atoms with Crippen molar-refractivity contribution in [2.75, 3.05) is 12.5 Å². The lowest BCUT2D eigenvalue weighted by molar-refractivity contribution is 0.174. The number of halogens is 1. The largest absolute Gasteiger partial charge is 0.454 e. The molecule has 0 saturated carbocycles. The third kappa shape index (κ3) is 3.64. The number of nitrogens with two attached hydrogens (primary N) is 1. The van der Waals surface area contributed by atoms with Crippen LogP contribution in [-0.2, 0) is 13.1 Å². The first-order chi connectivity index (χ1) is 16.6. The van der Waals surface area contributed by atoms with Crippen molar-refractivity contribution in [3.05, 3.63) is 63.9 Å². The summed E-state index contributed by atoms with van der Waals surface area (Å²) in [5.41, 5.74) is 7.17. The minimum atomic E-state index is -0.0941. The number of fused-ring (bicyclic) bond motifs is 3. The molecule has 0 bridgehead atoms. The van der Waals surface area contributed by atoms with Crippen LogP contribution in [0.15, 0.2) is 68.4 Å². The second-order valence-corrected chi connectivity index (χ2v) is 9.36. The molecule has 170 valence electrons. The van der Waals surface area contributed by atoms with E-state index < -0.39 is 0 Å². The number of para-hydroxylation sites is 1. The third-order valence-electron chi connectivity index (χ3n) is 5.41. The number of hydrogen-bond acceptors (Lipinski definition) is 9. The number of hydrogen-bond donors (Lipinski definition) is 1. The molecule has 2 N–H and O–H groups in total. The van der Waals surface area contributed by atoms with Crippen LogP contribution in [0.4, 0.5) is 5.82 Å². The van der Waals surface area contributed by atoms with Gasteiger partial charge in [0.1, 0.15) is 0 Å². The van der Waals surface area contributed by atoms with Gasteiger partial charge >= 0.3 is 0 Å². The molecule has 12 heteroatoms. The molecule has 3 aliphatic rings. The number of benzene rings is 2. The van der Waals surface area contributed by atoms with E-state index in [2.05, 4.69) is 35.9 Å². The minimum absolute atomic E-state index is 0.0941. The summed E-state index contributed by atoms with van der Waals surface area (Å²) in [6.45, 7) is 1.04. The van der Waals surface area contributed by atoms with Gasteiger partial charge in [-0.2, -0.15) is 0 Å². The normalized spacial score (nSPS) is 12.6. The molecule has 0 amide bonds. The SMILES string of the molecule is Nc1ncn(CCn2cnc3ccccc3c2=O)c2nc(Sc3cc4c(cc3Br)OCO4)nc1-2. The van der Waals surface area contributed by atoms with Crippen LogP contribution in [0.1, 0.15) is 0 Å². The zero-order valence-corrected chi connectivity index (χ0v) is 19.9. The van der Waals surface area contributed by atoms with E-state index in [-0.39, 0.29) is 12.4 Å². The van der Waals surface area contributed by atoms with Crippen molar-refractivity contribution < 1.29 is 9.47 Å². The Labute approximate surface area is 205 Å². The predicted molar refractivity (Wildman–Crippen MR) is 129 cm³/mol. The van der Waals surface area contributed by atoms with E-state index >= 15 is 0 Å². The van der Waals surface area contributed by atoms with E-state index in [1.54, 1.807) is 23.3 Å². The highest BCUT2D eigenvalue weighted by Gasteiger charge is 2.22. The summed E-state index contributed by atoms with van der Waals surface area (Å²) in [5, 5.41) is 1.10. The van der Waals surface area contributed by atoms with Gasteiger partial charge in [0.15, 0.2) is 34.0 Å². The molecule has 0 saturated heterocycles. The highest BCUT2D eigenvalue weighted by atomic mass is 79.9. The molecule has 3 aliphatic heterocycles. The van der Waals surface area contributed by atoms with E-state index in [1.165, 1.54) is 11.8 Å². The van der Waals surface area contributed by atoms with Gasteiger partial charge in [-0.05, 0) is 52.0 Å². The Kier molecular flexibility index (Phi) is 5.11. The van der Waals surface area contributed by atoms with Crippen LogP contribution in [0.2, 0.25) is 0 Å². The Morgan fingerprint density at radius 1 is 1.03 bits per heavy atom. The van der Waals surface area contributed by atoms with E-state index in [4.69, 9.17) is 15.2 Å². The maximum atomic E-state index is 12.8. The van der Waals surface area contributed by atoms with Gasteiger partial charge < -0.3 is 19.8 Å². The van der Waals surface area contributed by atoms with Gasteiger partial charge in [0.25, 0.3) is 5.56 Å². The predicted octanol–water partition coefficient (Wildman–Crippen LogP) is 3.41. The molecule has 0 aliphatic carbocycles. The van der Waals surface area contributed by atoms with Crippen LogP contribution >= 0.6 is 27.7 Å². The van der Waals surface area contributed by atoms with Gasteiger partial charge in [-0.3, -0.25) is 9.36 Å².